The zero-order valence-electron chi connectivity index (χ0n) is 14.2. The molecule has 0 N–H and O–H groups in total. The van der Waals surface area contributed by atoms with E-state index in [-0.39, 0.29) is 5.89 Å². The molecule has 1 aliphatic heterocycles. The number of amides is 1. The van der Waals surface area contributed by atoms with Crippen LogP contribution in [0.1, 0.15) is 58.4 Å². The van der Waals surface area contributed by atoms with Crippen molar-refractivity contribution >= 4 is 12.1 Å². The van der Waals surface area contributed by atoms with Gasteiger partial charge in [0, 0.05) is 13.5 Å². The predicted molar refractivity (Wildman–Crippen MR) is 79.5 cm³/mol. The quantitative estimate of drug-likeness (QED) is 0.787. The molecule has 1 aromatic heterocycles. The first kappa shape index (κ1) is 17.2. The average Bonchev–Trinajstić information content (AvgIpc) is 3.04. The van der Waals surface area contributed by atoms with Crippen molar-refractivity contribution in [2.75, 3.05) is 6.54 Å². The lowest BCUT2D eigenvalue weighted by Gasteiger charge is -2.28. The van der Waals surface area contributed by atoms with Gasteiger partial charge in [-0.15, -0.1) is 10.2 Å². The van der Waals surface area contributed by atoms with Gasteiger partial charge < -0.3 is 13.9 Å². The smallest absolute Gasteiger partial charge is 0.411 e. The van der Waals surface area contributed by atoms with Crippen molar-refractivity contribution < 1.29 is 23.5 Å². The van der Waals surface area contributed by atoms with Crippen LogP contribution >= 0.6 is 0 Å². The third kappa shape index (κ3) is 4.43. The van der Waals surface area contributed by atoms with Gasteiger partial charge in [0.15, 0.2) is 6.10 Å². The molecule has 0 unspecified atom stereocenters. The first-order chi connectivity index (χ1) is 10.7. The average molecular weight is 325 g/mol. The van der Waals surface area contributed by atoms with Gasteiger partial charge in [0.1, 0.15) is 11.6 Å². The molecule has 23 heavy (non-hydrogen) atoms. The zero-order valence-corrected chi connectivity index (χ0v) is 14.2. The van der Waals surface area contributed by atoms with Crippen LogP contribution in [0.5, 0.6) is 0 Å². The largest absolute Gasteiger partial charge is 0.451 e. The maximum Gasteiger partial charge on any atom is 0.411 e. The molecule has 0 aromatic carbocycles. The predicted octanol–water partition coefficient (Wildman–Crippen LogP) is 2.38. The van der Waals surface area contributed by atoms with Crippen molar-refractivity contribution in [2.24, 2.45) is 0 Å². The van der Waals surface area contributed by atoms with Gasteiger partial charge in [-0.3, -0.25) is 4.90 Å². The fraction of sp³-hybridized carbons (Fsp3) is 0.733. The van der Waals surface area contributed by atoms with Crippen LogP contribution in [0.4, 0.5) is 4.79 Å². The lowest BCUT2D eigenvalue weighted by Crippen LogP contribution is -2.44. The van der Waals surface area contributed by atoms with E-state index in [4.69, 9.17) is 13.9 Å². The highest BCUT2D eigenvalue weighted by atomic mass is 16.6. The fourth-order valence-corrected chi connectivity index (χ4v) is 2.33. The Labute approximate surface area is 135 Å². The Bertz CT molecular complexity index is 578. The summed E-state index contributed by atoms with van der Waals surface area (Å²) in [6, 6.07) is -0.642. The van der Waals surface area contributed by atoms with Crippen LogP contribution in [-0.4, -0.2) is 45.3 Å². The van der Waals surface area contributed by atoms with Gasteiger partial charge in [0.05, 0.1) is 0 Å². The standard InChI is InChI=1S/C15H23N3O5/c1-9(12-17-16-10(2)22-12)21-13(19)11-7-6-8-18(11)14(20)23-15(3,4)5/h9,11H,6-8H2,1-5H3/t9-,11-/m1/s1. The molecule has 1 saturated heterocycles. The second-order valence-corrected chi connectivity index (χ2v) is 6.57. The summed E-state index contributed by atoms with van der Waals surface area (Å²) in [6.07, 6.45) is 0.115. The fourth-order valence-electron chi connectivity index (χ4n) is 2.33. The van der Waals surface area contributed by atoms with Crippen LogP contribution in [0.25, 0.3) is 0 Å². The summed E-state index contributed by atoms with van der Waals surface area (Å²) in [6.45, 7) is 9.14. The number of hydrogen-bond donors (Lipinski definition) is 0. The Balaban J connectivity index is 1.99. The highest BCUT2D eigenvalue weighted by Gasteiger charge is 2.38. The Morgan fingerprint density at radius 3 is 2.61 bits per heavy atom. The van der Waals surface area contributed by atoms with E-state index in [0.717, 1.165) is 6.42 Å². The van der Waals surface area contributed by atoms with Crippen LogP contribution < -0.4 is 0 Å². The van der Waals surface area contributed by atoms with E-state index in [2.05, 4.69) is 10.2 Å². The minimum absolute atomic E-state index is 0.234. The van der Waals surface area contributed by atoms with Gasteiger partial charge in [-0.05, 0) is 40.5 Å². The summed E-state index contributed by atoms with van der Waals surface area (Å²) in [5.74, 6) is 0.147. The molecule has 0 bridgehead atoms. The van der Waals surface area contributed by atoms with Crippen molar-refractivity contribution in [3.8, 4) is 0 Å². The summed E-state index contributed by atoms with van der Waals surface area (Å²) in [5.41, 5.74) is -0.608. The summed E-state index contributed by atoms with van der Waals surface area (Å²) >= 11 is 0. The lowest BCUT2D eigenvalue weighted by atomic mass is 10.2. The number of rotatable bonds is 3. The highest BCUT2D eigenvalue weighted by Crippen LogP contribution is 2.24. The van der Waals surface area contributed by atoms with Gasteiger partial charge in [-0.1, -0.05) is 0 Å². The van der Waals surface area contributed by atoms with Crippen molar-refractivity contribution in [3.63, 3.8) is 0 Å². The van der Waals surface area contributed by atoms with Crippen molar-refractivity contribution in [1.82, 2.24) is 15.1 Å². The van der Waals surface area contributed by atoms with Crippen molar-refractivity contribution in [2.45, 2.75) is 65.2 Å². The number of aromatic nitrogens is 2. The molecule has 2 heterocycles. The highest BCUT2D eigenvalue weighted by molar-refractivity contribution is 5.82. The first-order valence-corrected chi connectivity index (χ1v) is 7.67. The number of carbonyl (C=O) groups is 2. The number of aryl methyl sites for hydroxylation is 1. The van der Waals surface area contributed by atoms with E-state index in [9.17, 15) is 9.59 Å². The molecule has 0 radical (unpaired) electrons. The molecule has 8 heteroatoms. The number of nitrogens with zero attached hydrogens (tertiary/aromatic N) is 3. The van der Waals surface area contributed by atoms with Gasteiger partial charge in [-0.25, -0.2) is 9.59 Å². The molecule has 0 aliphatic carbocycles. The van der Waals surface area contributed by atoms with Crippen LogP contribution in [0.15, 0.2) is 4.42 Å². The summed E-state index contributed by atoms with van der Waals surface area (Å²) in [5, 5.41) is 7.53. The Hall–Kier alpha value is -2.12. The number of hydrogen-bond acceptors (Lipinski definition) is 7. The van der Waals surface area contributed by atoms with E-state index >= 15 is 0 Å². The molecule has 1 fully saturated rings. The van der Waals surface area contributed by atoms with E-state index in [1.807, 2.05) is 0 Å². The Kier molecular flexibility index (Phi) is 4.91. The number of likely N-dealkylation sites (tertiary alicyclic amines) is 1. The van der Waals surface area contributed by atoms with E-state index in [1.165, 1.54) is 4.90 Å². The summed E-state index contributed by atoms with van der Waals surface area (Å²) < 4.78 is 15.9. The number of esters is 1. The van der Waals surface area contributed by atoms with Crippen LogP contribution in [0.2, 0.25) is 0 Å². The minimum atomic E-state index is -0.662. The minimum Gasteiger partial charge on any atom is -0.451 e. The Morgan fingerprint density at radius 2 is 2.04 bits per heavy atom. The first-order valence-electron chi connectivity index (χ1n) is 7.67. The summed E-state index contributed by atoms with van der Waals surface area (Å²) in [7, 11) is 0. The van der Waals surface area contributed by atoms with Crippen LogP contribution in [0.3, 0.4) is 0 Å². The third-order valence-corrected chi connectivity index (χ3v) is 3.34. The molecule has 0 spiro atoms. The molecule has 8 nitrogen and oxygen atoms in total. The van der Waals surface area contributed by atoms with Crippen LogP contribution in [-0.2, 0) is 14.3 Å². The zero-order chi connectivity index (χ0) is 17.2. The number of carbonyl (C=O) groups excluding carboxylic acids is 2. The molecule has 2 atom stereocenters. The van der Waals surface area contributed by atoms with Gasteiger partial charge in [0.2, 0.25) is 5.89 Å². The molecular weight excluding hydrogens is 302 g/mol. The van der Waals surface area contributed by atoms with Crippen LogP contribution in [0, 0.1) is 6.92 Å². The van der Waals surface area contributed by atoms with E-state index < -0.39 is 29.8 Å². The third-order valence-electron chi connectivity index (χ3n) is 3.34. The molecular formula is C15H23N3O5. The second-order valence-electron chi connectivity index (χ2n) is 6.57. The van der Waals surface area contributed by atoms with E-state index in [1.54, 1.807) is 34.6 Å². The monoisotopic (exact) mass is 325 g/mol. The molecule has 128 valence electrons. The molecule has 1 aromatic rings. The maximum absolute atomic E-state index is 12.4. The van der Waals surface area contributed by atoms with Gasteiger partial charge >= 0.3 is 12.1 Å². The Morgan fingerprint density at radius 1 is 1.35 bits per heavy atom. The summed E-state index contributed by atoms with van der Waals surface area (Å²) in [4.78, 5) is 26.0. The molecule has 2 rings (SSSR count). The molecule has 0 saturated carbocycles. The van der Waals surface area contributed by atoms with Gasteiger partial charge in [0.25, 0.3) is 5.89 Å². The molecule has 1 amide bonds. The lowest BCUT2D eigenvalue weighted by molar-refractivity contribution is -0.154. The normalized spacial score (nSPS) is 19.5. The second kappa shape index (κ2) is 6.55. The number of ether oxygens (including phenoxy) is 2. The van der Waals surface area contributed by atoms with Crippen molar-refractivity contribution in [3.05, 3.63) is 11.8 Å². The maximum atomic E-state index is 12.4. The SMILES string of the molecule is Cc1nnc([C@@H](C)OC(=O)[C@H]2CCCN2C(=O)OC(C)(C)C)o1. The molecule has 1 aliphatic rings. The van der Waals surface area contributed by atoms with Gasteiger partial charge in [-0.2, -0.15) is 0 Å². The van der Waals surface area contributed by atoms with E-state index in [0.29, 0.717) is 18.9 Å². The topological polar surface area (TPSA) is 94.8 Å². The van der Waals surface area contributed by atoms with Crippen molar-refractivity contribution in [1.29, 1.82) is 0 Å².